The van der Waals surface area contributed by atoms with E-state index in [-0.39, 0.29) is 46.6 Å². The van der Waals surface area contributed by atoms with Crippen LogP contribution in [-0.4, -0.2) is 167 Å². The second-order valence-electron chi connectivity index (χ2n) is 25.0. The Labute approximate surface area is 550 Å². The molecule has 0 bridgehead atoms. The topological polar surface area (TPSA) is 235 Å². The Bertz CT molecular complexity index is 3860. The zero-order chi connectivity index (χ0) is 66.2. The summed E-state index contributed by atoms with van der Waals surface area (Å²) in [6, 6.07) is 29.2. The molecule has 93 heavy (non-hydrogen) atoms. The molecule has 5 aromatic rings. The van der Waals surface area contributed by atoms with Gasteiger partial charge in [-0.15, -0.1) is 11.8 Å². The van der Waals surface area contributed by atoms with Crippen LogP contribution in [0.25, 0.3) is 5.57 Å². The van der Waals surface area contributed by atoms with Crippen LogP contribution in [0.1, 0.15) is 121 Å². The minimum absolute atomic E-state index is 0.00557. The van der Waals surface area contributed by atoms with E-state index >= 15 is 0 Å². The molecule has 0 spiro atoms. The third-order valence-electron chi connectivity index (χ3n) is 17.9. The minimum Gasteiger partial charge on any atom is -0.384 e. The summed E-state index contributed by atoms with van der Waals surface area (Å²) in [6.07, 6.45) is 6.74. The monoisotopic (exact) mass is 1360 g/mol. The number of sulfone groups is 1. The third-order valence-corrected chi connectivity index (χ3v) is 22.2. The zero-order valence-electron chi connectivity index (χ0n) is 51.9. The maximum Gasteiger partial charge on any atom is 0.501 e. The number of hydrogen-bond donors (Lipinski definition) is 4. The highest BCUT2D eigenvalue weighted by Crippen LogP contribution is 2.43. The van der Waals surface area contributed by atoms with Crippen molar-refractivity contribution in [1.29, 1.82) is 0 Å². The van der Waals surface area contributed by atoms with Gasteiger partial charge in [-0.25, -0.2) is 21.6 Å². The number of imide groups is 2. The highest BCUT2D eigenvalue weighted by Gasteiger charge is 2.49. The molecule has 2 atom stereocenters. The van der Waals surface area contributed by atoms with E-state index in [4.69, 9.17) is 11.6 Å². The second kappa shape index (κ2) is 29.6. The minimum atomic E-state index is -6.16. The van der Waals surface area contributed by atoms with Gasteiger partial charge in [-0.3, -0.25) is 48.8 Å². The number of alkyl halides is 3. The number of nitrogens with one attached hydrogen (secondary N) is 4. The van der Waals surface area contributed by atoms with Crippen molar-refractivity contribution in [1.82, 2.24) is 29.6 Å². The Balaban J connectivity index is 0.705. The van der Waals surface area contributed by atoms with Gasteiger partial charge in [0.15, 0.2) is 0 Å². The van der Waals surface area contributed by atoms with Gasteiger partial charge >= 0.3 is 5.51 Å². The Morgan fingerprint density at radius 1 is 0.763 bits per heavy atom. The van der Waals surface area contributed by atoms with E-state index in [1.165, 1.54) is 46.7 Å². The molecule has 496 valence electrons. The number of nitrogens with zero attached hydrogens (tertiary/aromatic N) is 5. The average molecular weight is 1360 g/mol. The molecule has 5 aliphatic rings. The second-order valence-corrected chi connectivity index (χ2v) is 30.1. The van der Waals surface area contributed by atoms with Gasteiger partial charge in [0.1, 0.15) is 10.9 Å². The van der Waals surface area contributed by atoms with Gasteiger partial charge in [0.2, 0.25) is 17.7 Å². The number of sulfonamides is 1. The number of fused-ring (bicyclic) bond motifs is 1. The number of hydrogen-bond acceptors (Lipinski definition) is 16. The highest BCUT2D eigenvalue weighted by atomic mass is 35.5. The Kier molecular flexibility index (Phi) is 21.8. The van der Waals surface area contributed by atoms with Crippen molar-refractivity contribution in [3.8, 4) is 0 Å². The fourth-order valence-corrected chi connectivity index (χ4v) is 15.8. The molecule has 5 aromatic carbocycles. The largest absolute Gasteiger partial charge is 0.501 e. The summed E-state index contributed by atoms with van der Waals surface area (Å²) in [5, 5.41) is 9.16. The van der Waals surface area contributed by atoms with Crippen molar-refractivity contribution in [3.63, 3.8) is 0 Å². The van der Waals surface area contributed by atoms with Crippen LogP contribution in [0.4, 0.5) is 30.2 Å². The SMILES string of the molecule is CC1(C)CCC(c2ccc(Cl)cc2)=C(CN2CCN(c3ccc(C(=O)NS(=O)(=O)c4ccc(NC(CCN5CCN(C(=O)CCCCCCNc6cccc7c6C(=O)N(C6CCC(=O)NC6=O)C7=O)CC5)CSc5ccccc5)c(S(=O)(=O)C(F)(F)F)c4)cc3)CC2)C1. The first kappa shape index (κ1) is 68.6. The summed E-state index contributed by atoms with van der Waals surface area (Å²) in [4.78, 5) is 85.9. The van der Waals surface area contributed by atoms with E-state index in [0.717, 1.165) is 79.4 Å². The summed E-state index contributed by atoms with van der Waals surface area (Å²) < 4.78 is 99.9. The molecule has 2 unspecified atom stereocenters. The summed E-state index contributed by atoms with van der Waals surface area (Å²) in [5.41, 5.74) is -0.457. The van der Waals surface area contributed by atoms with E-state index in [1.807, 2.05) is 47.2 Å². The van der Waals surface area contributed by atoms with E-state index in [9.17, 15) is 58.8 Å². The Morgan fingerprint density at radius 2 is 1.46 bits per heavy atom. The fourth-order valence-electron chi connectivity index (χ4n) is 12.7. The van der Waals surface area contributed by atoms with Crippen molar-refractivity contribution in [3.05, 3.63) is 148 Å². The molecule has 6 amide bonds. The van der Waals surface area contributed by atoms with E-state index < -0.39 is 82.5 Å². The van der Waals surface area contributed by atoms with E-state index in [0.29, 0.717) is 94.8 Å². The fraction of sp³-hybridized carbons (Fsp3) is 0.433. The van der Waals surface area contributed by atoms with Crippen LogP contribution in [0.2, 0.25) is 5.02 Å². The lowest BCUT2D eigenvalue weighted by molar-refractivity contribution is -0.136. The van der Waals surface area contributed by atoms with Crippen molar-refractivity contribution in [2.24, 2.45) is 5.41 Å². The van der Waals surface area contributed by atoms with Gasteiger partial charge in [0, 0.05) is 123 Å². The Hall–Kier alpha value is -7.29. The number of thioether (sulfide) groups is 1. The highest BCUT2D eigenvalue weighted by molar-refractivity contribution is 7.99. The van der Waals surface area contributed by atoms with E-state index in [2.05, 4.69) is 56.6 Å². The van der Waals surface area contributed by atoms with Crippen LogP contribution in [-0.2, 0) is 34.2 Å². The summed E-state index contributed by atoms with van der Waals surface area (Å²) in [7, 11) is -11.1. The quantitative estimate of drug-likeness (QED) is 0.0242. The normalized spacial score (nSPS) is 18.7. The molecule has 3 saturated heterocycles. The average Bonchev–Trinajstić information content (AvgIpc) is 1.73. The molecule has 10 rings (SSSR count). The molecule has 0 aromatic heterocycles. The number of carbonyl (C=O) groups is 6. The first-order valence-electron chi connectivity index (χ1n) is 31.4. The van der Waals surface area contributed by atoms with Gasteiger partial charge in [0.25, 0.3) is 37.6 Å². The van der Waals surface area contributed by atoms with Crippen LogP contribution < -0.4 is 25.6 Å². The predicted molar refractivity (Wildman–Crippen MR) is 352 cm³/mol. The molecule has 1 aliphatic carbocycles. The summed E-state index contributed by atoms with van der Waals surface area (Å²) in [6.45, 7) is 11.3. The van der Waals surface area contributed by atoms with Crippen LogP contribution >= 0.6 is 23.4 Å². The number of piperazine rings is 2. The van der Waals surface area contributed by atoms with Gasteiger partial charge < -0.3 is 20.4 Å². The number of amides is 6. The number of halogens is 4. The number of anilines is 3. The van der Waals surface area contributed by atoms with Crippen molar-refractivity contribution >= 4 is 101 Å². The number of allylic oxidation sites excluding steroid dienone is 1. The lowest BCUT2D eigenvalue weighted by atomic mass is 9.73. The van der Waals surface area contributed by atoms with Gasteiger partial charge in [-0.1, -0.05) is 80.3 Å². The van der Waals surface area contributed by atoms with Crippen molar-refractivity contribution in [2.75, 3.05) is 93.3 Å². The first-order valence-corrected chi connectivity index (χ1v) is 35.8. The molecule has 0 radical (unpaired) electrons. The number of piperidine rings is 1. The molecular weight excluding hydrogens is 1280 g/mol. The molecule has 4 heterocycles. The number of benzene rings is 5. The lowest BCUT2D eigenvalue weighted by Gasteiger charge is -2.39. The maximum absolute atomic E-state index is 14.5. The van der Waals surface area contributed by atoms with Crippen LogP contribution in [0.5, 0.6) is 0 Å². The Morgan fingerprint density at radius 3 is 2.16 bits per heavy atom. The van der Waals surface area contributed by atoms with Crippen LogP contribution in [0.15, 0.2) is 136 Å². The van der Waals surface area contributed by atoms with E-state index in [1.54, 1.807) is 29.2 Å². The molecular formula is C67H77ClF3N9O10S3. The van der Waals surface area contributed by atoms with Crippen molar-refractivity contribution < 1.29 is 58.8 Å². The van der Waals surface area contributed by atoms with Crippen LogP contribution in [0, 0.1) is 5.41 Å². The molecule has 3 fully saturated rings. The van der Waals surface area contributed by atoms with Crippen LogP contribution in [0.3, 0.4) is 0 Å². The summed E-state index contributed by atoms with van der Waals surface area (Å²) in [5.74, 6) is -3.09. The lowest BCUT2D eigenvalue weighted by Crippen LogP contribution is -2.54. The maximum atomic E-state index is 14.5. The number of carbonyl (C=O) groups excluding carboxylic acids is 6. The van der Waals surface area contributed by atoms with Gasteiger partial charge in [-0.2, -0.15) is 13.2 Å². The zero-order valence-corrected chi connectivity index (χ0v) is 55.1. The summed E-state index contributed by atoms with van der Waals surface area (Å²) >= 11 is 7.62. The van der Waals surface area contributed by atoms with Gasteiger partial charge in [0.05, 0.1) is 21.7 Å². The predicted octanol–water partition coefficient (Wildman–Crippen LogP) is 10.1. The molecule has 0 saturated carbocycles. The molecule has 19 nitrogen and oxygen atoms in total. The number of rotatable bonds is 25. The third kappa shape index (κ3) is 16.8. The number of unbranched alkanes of at least 4 members (excludes halogenated alkanes) is 3. The molecule has 4 aliphatic heterocycles. The standard InChI is InChI=1S/C67H77ClF3N9O10S3/c1-66(2)30-28-53(45-16-20-48(68)21-17-45)47(42-66)43-77-35-37-78(38-36-77)50-22-18-46(19-23-50)62(83)75-93(89,90)52-24-25-55(58(41-52)92(87,88)67(69,70)71)73-49(44-91-51-11-6-5-7-12-51)29-32-76-33-39-79(40-34-76)60(82)15-8-3-4-9-31-72-56-14-10-13-54-61(56)65(86)80(64(54)85)57-26-27-59(81)74-63(57)84/h5-7,10-14,16-25,41,49,57,72-73H,3-4,8-9,15,26-40,42-44H2,1-2H3,(H,75,83)(H,74,81,84). The molecule has 26 heteroatoms. The van der Waals surface area contributed by atoms with Crippen molar-refractivity contribution in [2.45, 2.75) is 117 Å². The van der Waals surface area contributed by atoms with Gasteiger partial charge in [-0.05, 0) is 140 Å². The smallest absolute Gasteiger partial charge is 0.384 e. The first-order chi connectivity index (χ1) is 44.3. The molecule has 4 N–H and O–H groups in total.